The smallest absolute Gasteiger partial charge is 0.464 e. The number of unbranched alkanes of at least 4 members (excludes halogenated alkanes) is 1. The Morgan fingerprint density at radius 3 is 2.56 bits per heavy atom. The number of fused-ring (bicyclic) bond motifs is 5. The van der Waals surface area contributed by atoms with Crippen LogP contribution in [-0.4, -0.2) is 93.9 Å². The first kappa shape index (κ1) is 33.2. The molecule has 0 aromatic carbocycles. The lowest BCUT2D eigenvalue weighted by molar-refractivity contribution is -0.492. The number of hydrogen-bond acceptors (Lipinski definition) is 14. The van der Waals surface area contributed by atoms with Crippen LogP contribution < -0.4 is 5.73 Å². The summed E-state index contributed by atoms with van der Waals surface area (Å²) >= 11 is 0. The fraction of sp³-hybridized carbons (Fsp3) is 0.724. The summed E-state index contributed by atoms with van der Waals surface area (Å²) in [6.07, 6.45) is 6.13. The normalized spacial score (nSPS) is 35.3. The Bertz CT molecular complexity index is 1160. The predicted molar refractivity (Wildman–Crippen MR) is 145 cm³/mol. The third kappa shape index (κ3) is 6.55. The molecule has 43 heavy (non-hydrogen) atoms. The lowest BCUT2D eigenvalue weighted by atomic mass is 9.46. The van der Waals surface area contributed by atoms with Gasteiger partial charge >= 0.3 is 12.1 Å². The highest BCUT2D eigenvalue weighted by atomic mass is 17.1. The van der Waals surface area contributed by atoms with Crippen molar-refractivity contribution in [1.82, 2.24) is 5.39 Å². The van der Waals surface area contributed by atoms with Gasteiger partial charge in [-0.2, -0.15) is 0 Å². The second-order valence-corrected chi connectivity index (χ2v) is 12.5. The summed E-state index contributed by atoms with van der Waals surface area (Å²) in [6, 6.07) is -1.30. The van der Waals surface area contributed by atoms with Gasteiger partial charge in [0.2, 0.25) is 5.78 Å². The molecule has 3 fully saturated rings. The highest BCUT2D eigenvalue weighted by molar-refractivity contribution is 6.01. The maximum atomic E-state index is 13.3. The number of nitrogens with two attached hydrogens (primary N) is 1. The molecule has 0 aromatic heterocycles. The average molecular weight is 611 g/mol. The molecule has 0 bridgehead atoms. The van der Waals surface area contributed by atoms with E-state index in [0.717, 1.165) is 12.0 Å². The van der Waals surface area contributed by atoms with Gasteiger partial charge in [0.15, 0.2) is 12.4 Å². The maximum absolute atomic E-state index is 13.3. The minimum Gasteiger partial charge on any atom is -0.464 e. The van der Waals surface area contributed by atoms with Crippen LogP contribution >= 0.6 is 0 Å². The zero-order valence-electron chi connectivity index (χ0n) is 24.5. The summed E-state index contributed by atoms with van der Waals surface area (Å²) in [6.45, 7) is 2.52. The topological polar surface area (TPSA) is 215 Å². The monoisotopic (exact) mass is 610 g/mol. The number of ether oxygens (including phenoxy) is 3. The zero-order chi connectivity index (χ0) is 31.6. The summed E-state index contributed by atoms with van der Waals surface area (Å²) in [7, 11) is 0. The second-order valence-electron chi connectivity index (χ2n) is 12.5. The summed E-state index contributed by atoms with van der Waals surface area (Å²) in [4.78, 5) is 53.8. The number of hydrogen-bond donors (Lipinski definition) is 5. The van der Waals surface area contributed by atoms with Crippen molar-refractivity contribution in [3.05, 3.63) is 23.8 Å². The molecule has 4 rings (SSSR count). The maximum Gasteiger partial charge on any atom is 0.508 e. The van der Waals surface area contributed by atoms with Gasteiger partial charge in [-0.25, -0.2) is 4.79 Å². The van der Waals surface area contributed by atoms with Gasteiger partial charge in [0.25, 0.3) is 0 Å². The number of carbonyl (C=O) groups is 4. The number of allylic oxidation sites excluding steroid dienone is 4. The first-order valence-corrected chi connectivity index (χ1v) is 14.6. The molecule has 4 aliphatic rings. The number of rotatable bonds is 12. The van der Waals surface area contributed by atoms with Crippen LogP contribution in [0.4, 0.5) is 4.79 Å². The predicted octanol–water partition coefficient (Wildman–Crippen LogP) is 1.38. The second kappa shape index (κ2) is 13.1. The van der Waals surface area contributed by atoms with E-state index in [4.69, 9.17) is 30.4 Å². The van der Waals surface area contributed by atoms with E-state index in [1.807, 2.05) is 19.9 Å². The van der Waals surface area contributed by atoms with Crippen LogP contribution in [0.25, 0.3) is 0 Å². The first-order chi connectivity index (χ1) is 20.2. The van der Waals surface area contributed by atoms with E-state index in [1.54, 1.807) is 12.2 Å². The van der Waals surface area contributed by atoms with Crippen LogP contribution in [-0.2, 0) is 33.4 Å². The number of aliphatic hydroxyl groups excluding tert-OH is 1. The highest BCUT2D eigenvalue weighted by Gasteiger charge is 2.68. The molecule has 8 atom stereocenters. The Labute approximate surface area is 249 Å². The van der Waals surface area contributed by atoms with Crippen molar-refractivity contribution >= 4 is 23.7 Å². The third-order valence-electron chi connectivity index (χ3n) is 10.1. The highest BCUT2D eigenvalue weighted by Crippen LogP contribution is 2.67. The summed E-state index contributed by atoms with van der Waals surface area (Å²) in [5, 5.41) is 39.6. The molecule has 0 saturated heterocycles. The molecule has 0 aliphatic heterocycles. The number of nitrogens with zero attached hydrogens (tertiary/aromatic N) is 1. The van der Waals surface area contributed by atoms with Crippen molar-refractivity contribution in [2.24, 2.45) is 34.3 Å². The molecule has 14 heteroatoms. The van der Waals surface area contributed by atoms with Crippen molar-refractivity contribution in [3.63, 3.8) is 0 Å². The van der Waals surface area contributed by atoms with Crippen molar-refractivity contribution in [2.45, 2.75) is 76.5 Å². The van der Waals surface area contributed by atoms with Gasteiger partial charge in [0, 0.05) is 16.7 Å². The van der Waals surface area contributed by atoms with Crippen molar-refractivity contribution in [2.75, 3.05) is 26.4 Å². The molecule has 4 aliphatic carbocycles. The number of esters is 1. The van der Waals surface area contributed by atoms with Gasteiger partial charge in [-0.05, 0) is 68.9 Å². The summed E-state index contributed by atoms with van der Waals surface area (Å²) < 4.78 is 14.8. The number of ketones is 2. The average Bonchev–Trinajstić information content (AvgIpc) is 3.22. The van der Waals surface area contributed by atoms with Crippen molar-refractivity contribution < 1.29 is 58.9 Å². The van der Waals surface area contributed by atoms with Gasteiger partial charge < -0.3 is 30.2 Å². The molecule has 0 heterocycles. The van der Waals surface area contributed by atoms with Crippen LogP contribution in [0.15, 0.2) is 23.8 Å². The number of aliphatic hydroxyl groups is 2. The van der Waals surface area contributed by atoms with E-state index >= 15 is 0 Å². The molecule has 0 aromatic rings. The van der Waals surface area contributed by atoms with Crippen LogP contribution in [0, 0.1) is 28.6 Å². The number of carbonyl (C=O) groups excluding carboxylic acids is 4. The van der Waals surface area contributed by atoms with Crippen LogP contribution in [0.2, 0.25) is 0 Å². The Balaban J connectivity index is 1.27. The van der Waals surface area contributed by atoms with E-state index in [2.05, 4.69) is 4.84 Å². The molecule has 1 unspecified atom stereocenters. The molecule has 240 valence electrons. The summed E-state index contributed by atoms with van der Waals surface area (Å²) in [5.74, 6) is -1.75. The van der Waals surface area contributed by atoms with E-state index < -0.39 is 65.1 Å². The first-order valence-electron chi connectivity index (χ1n) is 14.6. The van der Waals surface area contributed by atoms with Crippen LogP contribution in [0.3, 0.4) is 0 Å². The minimum atomic E-state index is -1.82. The lowest BCUT2D eigenvalue weighted by Crippen LogP contribution is -2.61. The van der Waals surface area contributed by atoms with Crippen LogP contribution in [0.5, 0.6) is 0 Å². The van der Waals surface area contributed by atoms with E-state index in [1.165, 1.54) is 0 Å². The van der Waals surface area contributed by atoms with Crippen molar-refractivity contribution in [3.8, 4) is 0 Å². The quantitative estimate of drug-likeness (QED) is 0.120. The molecule has 0 spiro atoms. The fourth-order valence-corrected chi connectivity index (χ4v) is 7.93. The van der Waals surface area contributed by atoms with Gasteiger partial charge in [0.05, 0.1) is 24.7 Å². The van der Waals surface area contributed by atoms with Gasteiger partial charge in [-0.3, -0.25) is 29.6 Å². The lowest BCUT2D eigenvalue weighted by Gasteiger charge is -2.59. The Hall–Kier alpha value is -2.72. The molecule has 0 radical (unpaired) electrons. The molecule has 6 N–H and O–H groups in total. The Morgan fingerprint density at radius 1 is 1.12 bits per heavy atom. The SMILES string of the molecule is C[C@]12C=CC(=O)C=C1CC[C@@H]1[C@@H]2[C@@H](O)C[C@@]2(C)[C@H]1CC[C@]2(O)C(=O)COC(=O)OCC(N)C(=O)OCCCCON(O)O. The third-order valence-corrected chi connectivity index (χ3v) is 10.1. The van der Waals surface area contributed by atoms with E-state index in [-0.39, 0.29) is 49.6 Å². The molecule has 3 saturated carbocycles. The standard InChI is InChI=1S/C29H42N2O12/c1-27-9-7-18(32)13-17(27)5-6-19-20-8-10-29(37,28(20,2)14-22(33)24(19)27)23(34)16-42-26(36)41-15-21(30)25(35)40-11-3-4-12-43-31(38)39/h7,9,13,19-22,24,33,37-39H,3-6,8,10-12,14-16,30H2,1-2H3/t19-,20-,21?,22-,24+,27-,28-,29-/m0/s1. The van der Waals surface area contributed by atoms with Gasteiger partial charge in [-0.1, -0.05) is 25.5 Å². The Kier molecular flexibility index (Phi) is 10.1. The summed E-state index contributed by atoms with van der Waals surface area (Å²) in [5.41, 5.74) is 3.45. The van der Waals surface area contributed by atoms with E-state index in [0.29, 0.717) is 25.7 Å². The minimum absolute atomic E-state index is 0.0143. The fourth-order valence-electron chi connectivity index (χ4n) is 7.93. The molecule has 0 amide bonds. The Morgan fingerprint density at radius 2 is 1.84 bits per heavy atom. The van der Waals surface area contributed by atoms with Gasteiger partial charge in [-0.15, -0.1) is 0 Å². The van der Waals surface area contributed by atoms with Gasteiger partial charge in [0.1, 0.15) is 18.2 Å². The van der Waals surface area contributed by atoms with E-state index in [9.17, 15) is 29.4 Å². The number of Topliss-reactive ketones (excluding diaryl/α,β-unsaturated/α-hetero) is 1. The van der Waals surface area contributed by atoms with Crippen LogP contribution in [0.1, 0.15) is 58.8 Å². The molecular formula is C29H42N2O12. The molecular weight excluding hydrogens is 568 g/mol. The largest absolute Gasteiger partial charge is 0.508 e. The van der Waals surface area contributed by atoms with Crippen molar-refractivity contribution in [1.29, 1.82) is 0 Å². The molecule has 14 nitrogen and oxygen atoms in total. The zero-order valence-corrected chi connectivity index (χ0v) is 24.5.